The zero-order valence-corrected chi connectivity index (χ0v) is 28.6. The number of aliphatic imine (C=N–C) groups is 1. The van der Waals surface area contributed by atoms with Gasteiger partial charge in [-0.25, -0.2) is 9.79 Å². The van der Waals surface area contributed by atoms with E-state index in [-0.39, 0.29) is 37.7 Å². The van der Waals surface area contributed by atoms with Crippen LogP contribution in [-0.2, 0) is 48.2 Å². The van der Waals surface area contributed by atoms with Gasteiger partial charge in [0.1, 0.15) is 18.3 Å². The summed E-state index contributed by atoms with van der Waals surface area (Å²) in [7, 11) is 0. The molecule has 1 heterocycles. The number of carbonyl (C=O) groups excluding carboxylic acids is 1. The third-order valence-electron chi connectivity index (χ3n) is 8.27. The van der Waals surface area contributed by atoms with Crippen LogP contribution in [0.15, 0.2) is 157 Å². The summed E-state index contributed by atoms with van der Waals surface area (Å²) >= 11 is 0. The molecule has 1 saturated heterocycles. The topological polar surface area (TPSA) is 84.8 Å². The van der Waals surface area contributed by atoms with E-state index < -0.39 is 48.7 Å². The third kappa shape index (κ3) is 10.8. The van der Waals surface area contributed by atoms with Gasteiger partial charge in [-0.05, 0) is 41.0 Å². The Labute approximate surface area is 305 Å². The Kier molecular flexibility index (Phi) is 13.0. The minimum Gasteiger partial charge on any atom is -0.449 e. The van der Waals surface area contributed by atoms with Crippen molar-refractivity contribution in [1.29, 1.82) is 0 Å². The lowest BCUT2D eigenvalue weighted by Crippen LogP contribution is -2.62. The zero-order chi connectivity index (χ0) is 36.9. The fourth-order valence-electron chi connectivity index (χ4n) is 5.68. The minimum absolute atomic E-state index is 0.00263. The van der Waals surface area contributed by atoms with Crippen LogP contribution in [0, 0.1) is 0 Å². The van der Waals surface area contributed by atoms with Gasteiger partial charge in [0.05, 0.1) is 37.7 Å². The Hall–Kier alpha value is -5.33. The molecule has 6 rings (SSSR count). The first-order valence-electron chi connectivity index (χ1n) is 17.1. The molecule has 5 atom stereocenters. The number of carbonyl (C=O) groups is 1. The van der Waals surface area contributed by atoms with Gasteiger partial charge in [0.2, 0.25) is 6.29 Å². The van der Waals surface area contributed by atoms with Crippen molar-refractivity contribution in [3.8, 4) is 0 Å². The molecule has 0 radical (unpaired) electrons. The summed E-state index contributed by atoms with van der Waals surface area (Å²) in [5, 5.41) is 0. The molecular weight excluding hydrogens is 687 g/mol. The second-order valence-corrected chi connectivity index (χ2v) is 12.2. The molecule has 0 bridgehead atoms. The molecule has 274 valence electrons. The van der Waals surface area contributed by atoms with Crippen molar-refractivity contribution >= 4 is 17.6 Å². The zero-order valence-electron chi connectivity index (χ0n) is 28.6. The number of ether oxygens (including phenoxy) is 6. The summed E-state index contributed by atoms with van der Waals surface area (Å²) in [5.41, 5.74) is 2.63. The Morgan fingerprint density at radius 1 is 0.585 bits per heavy atom. The van der Waals surface area contributed by atoms with E-state index in [0.29, 0.717) is 0 Å². The molecule has 0 saturated carbocycles. The summed E-state index contributed by atoms with van der Waals surface area (Å²) in [6.45, 7) is 0.146. The second kappa shape index (κ2) is 18.4. The van der Waals surface area contributed by atoms with Gasteiger partial charge in [-0.1, -0.05) is 127 Å². The summed E-state index contributed by atoms with van der Waals surface area (Å²) in [6.07, 6.45) is -11.7. The first-order chi connectivity index (χ1) is 25.8. The predicted octanol–water partition coefficient (Wildman–Crippen LogP) is 8.63. The summed E-state index contributed by atoms with van der Waals surface area (Å²) in [4.78, 5) is 17.4. The summed E-state index contributed by atoms with van der Waals surface area (Å²) in [5.74, 6) is -2.42. The number of esters is 1. The third-order valence-corrected chi connectivity index (χ3v) is 8.27. The van der Waals surface area contributed by atoms with E-state index in [1.54, 1.807) is 36.4 Å². The van der Waals surface area contributed by atoms with Gasteiger partial charge in [-0.15, -0.1) is 0 Å². The number of nitrogens with zero attached hydrogens (tertiary/aromatic N) is 1. The van der Waals surface area contributed by atoms with Crippen molar-refractivity contribution in [2.75, 3.05) is 6.61 Å². The number of hydrogen-bond acceptors (Lipinski definition) is 8. The predicted molar refractivity (Wildman–Crippen MR) is 191 cm³/mol. The lowest BCUT2D eigenvalue weighted by atomic mass is 9.97. The van der Waals surface area contributed by atoms with Crippen LogP contribution < -0.4 is 0 Å². The van der Waals surface area contributed by atoms with Gasteiger partial charge >= 0.3 is 12.1 Å². The van der Waals surface area contributed by atoms with Gasteiger partial charge in [0.15, 0.2) is 6.10 Å². The highest BCUT2D eigenvalue weighted by Crippen LogP contribution is 2.34. The second-order valence-electron chi connectivity index (χ2n) is 12.2. The van der Waals surface area contributed by atoms with Crippen LogP contribution in [0.25, 0.3) is 0 Å². The highest BCUT2D eigenvalue weighted by molar-refractivity contribution is 5.89. The van der Waals surface area contributed by atoms with Gasteiger partial charge in [0.25, 0.3) is 5.90 Å². The quantitative estimate of drug-likeness (QED) is 0.0644. The average Bonchev–Trinajstić information content (AvgIpc) is 3.19. The molecule has 11 heteroatoms. The van der Waals surface area contributed by atoms with Crippen molar-refractivity contribution < 1.29 is 46.4 Å². The van der Waals surface area contributed by atoms with Gasteiger partial charge in [-0.2, -0.15) is 13.2 Å². The summed E-state index contributed by atoms with van der Waals surface area (Å²) in [6, 6.07) is 43.6. The molecule has 5 aromatic rings. The Morgan fingerprint density at radius 3 is 1.58 bits per heavy atom. The van der Waals surface area contributed by atoms with E-state index in [4.69, 9.17) is 28.4 Å². The molecule has 8 nitrogen and oxygen atoms in total. The van der Waals surface area contributed by atoms with Crippen LogP contribution in [-0.4, -0.2) is 55.4 Å². The standard InChI is InChI=1S/C42H38F3NO7/c43-42(44,45)41(46-34-24-14-5-15-25-34)53-40-38(52-39(47)33-22-12-4-13-23-33)37(50-28-32-20-10-3-11-21-32)36(49-27-31-18-8-2-9-19-31)35(51-40)29-48-26-30-16-6-1-7-17-30/h1-25,35-38,40H,26-29H2/t35?,36-,37?,38?,40+/m1/s1. The molecule has 53 heavy (non-hydrogen) atoms. The van der Waals surface area contributed by atoms with E-state index in [9.17, 15) is 18.0 Å². The van der Waals surface area contributed by atoms with E-state index in [1.165, 1.54) is 24.3 Å². The Balaban J connectivity index is 1.39. The van der Waals surface area contributed by atoms with Crippen molar-refractivity contribution in [3.05, 3.63) is 174 Å². The first kappa shape index (κ1) is 37.4. The monoisotopic (exact) mass is 725 g/mol. The normalized spacial score (nSPS) is 20.4. The minimum atomic E-state index is -5.05. The average molecular weight is 726 g/mol. The molecule has 0 spiro atoms. The molecular formula is C42H38F3NO7. The van der Waals surface area contributed by atoms with E-state index in [1.807, 2.05) is 91.0 Å². The lowest BCUT2D eigenvalue weighted by molar-refractivity contribution is -0.305. The fourth-order valence-corrected chi connectivity index (χ4v) is 5.68. The Bertz CT molecular complexity index is 1860. The van der Waals surface area contributed by atoms with Crippen LogP contribution in [0.5, 0.6) is 0 Å². The molecule has 1 fully saturated rings. The number of rotatable bonds is 14. The molecule has 1 aliphatic heterocycles. The van der Waals surface area contributed by atoms with Crippen molar-refractivity contribution in [3.63, 3.8) is 0 Å². The van der Waals surface area contributed by atoms with Crippen LogP contribution in [0.2, 0.25) is 0 Å². The fraction of sp³-hybridized carbons (Fsp3) is 0.238. The number of benzene rings is 5. The molecule has 0 N–H and O–H groups in total. The molecule has 0 aromatic heterocycles. The maximum atomic E-state index is 14.7. The van der Waals surface area contributed by atoms with Crippen LogP contribution >= 0.6 is 0 Å². The highest BCUT2D eigenvalue weighted by atomic mass is 19.4. The number of hydrogen-bond donors (Lipinski definition) is 0. The highest BCUT2D eigenvalue weighted by Gasteiger charge is 2.53. The number of alkyl halides is 3. The number of para-hydroxylation sites is 1. The van der Waals surface area contributed by atoms with Crippen molar-refractivity contribution in [2.45, 2.75) is 56.7 Å². The van der Waals surface area contributed by atoms with Crippen LogP contribution in [0.4, 0.5) is 18.9 Å². The molecule has 0 aliphatic carbocycles. The Morgan fingerprint density at radius 2 is 1.06 bits per heavy atom. The van der Waals surface area contributed by atoms with Gasteiger partial charge in [-0.3, -0.25) is 0 Å². The van der Waals surface area contributed by atoms with Crippen LogP contribution in [0.3, 0.4) is 0 Å². The molecule has 3 unspecified atom stereocenters. The van der Waals surface area contributed by atoms with Gasteiger partial charge in [0, 0.05) is 0 Å². The van der Waals surface area contributed by atoms with E-state index in [2.05, 4.69) is 4.99 Å². The summed E-state index contributed by atoms with van der Waals surface area (Å²) < 4.78 is 81.0. The maximum absolute atomic E-state index is 14.7. The SMILES string of the molecule is O=C(OC1C(OCc2ccccc2)[C@H](OCc2ccccc2)C(COCc2ccccc2)O[C@H]1OC(=Nc1ccccc1)C(F)(F)F)c1ccccc1. The molecule has 1 aliphatic rings. The van der Waals surface area contributed by atoms with E-state index >= 15 is 0 Å². The number of halogens is 3. The maximum Gasteiger partial charge on any atom is 0.468 e. The molecule has 0 amide bonds. The lowest BCUT2D eigenvalue weighted by Gasteiger charge is -2.45. The van der Waals surface area contributed by atoms with E-state index in [0.717, 1.165) is 16.7 Å². The van der Waals surface area contributed by atoms with Crippen molar-refractivity contribution in [1.82, 2.24) is 0 Å². The first-order valence-corrected chi connectivity index (χ1v) is 17.1. The largest absolute Gasteiger partial charge is 0.468 e. The van der Waals surface area contributed by atoms with Gasteiger partial charge < -0.3 is 28.4 Å². The van der Waals surface area contributed by atoms with Crippen molar-refractivity contribution in [2.24, 2.45) is 4.99 Å². The molecule has 5 aromatic carbocycles. The van der Waals surface area contributed by atoms with Crippen LogP contribution in [0.1, 0.15) is 27.0 Å². The smallest absolute Gasteiger partial charge is 0.449 e.